The van der Waals surface area contributed by atoms with E-state index < -0.39 is 5.97 Å². The summed E-state index contributed by atoms with van der Waals surface area (Å²) in [5, 5.41) is 9.00. The summed E-state index contributed by atoms with van der Waals surface area (Å²) >= 11 is 0. The first-order valence-corrected chi connectivity index (χ1v) is 5.48. The van der Waals surface area contributed by atoms with Gasteiger partial charge in [0.2, 0.25) is 0 Å². The quantitative estimate of drug-likeness (QED) is 0.851. The van der Waals surface area contributed by atoms with Crippen molar-refractivity contribution in [1.82, 2.24) is 0 Å². The van der Waals surface area contributed by atoms with E-state index in [1.165, 1.54) is 0 Å². The maximum Gasteiger partial charge on any atom is 0.311 e. The average Bonchev–Trinajstić information content (AvgIpc) is 2.18. The first-order chi connectivity index (χ1) is 7.54. The molecule has 3 nitrogen and oxygen atoms in total. The molecule has 1 aromatic rings. The molecular weight excluding hydrogens is 204 g/mol. The Morgan fingerprint density at radius 1 is 1.50 bits per heavy atom. The van der Waals surface area contributed by atoms with E-state index in [1.807, 2.05) is 12.1 Å². The van der Waals surface area contributed by atoms with Crippen molar-refractivity contribution in [2.24, 2.45) is 0 Å². The van der Waals surface area contributed by atoms with Gasteiger partial charge in [-0.25, -0.2) is 0 Å². The predicted molar refractivity (Wildman–Crippen MR) is 61.2 cm³/mol. The Kier molecular flexibility index (Phi) is 2.62. The van der Waals surface area contributed by atoms with Gasteiger partial charge < -0.3 is 9.84 Å². The summed E-state index contributed by atoms with van der Waals surface area (Å²) in [5.41, 5.74) is 3.15. The summed E-state index contributed by atoms with van der Waals surface area (Å²) in [7, 11) is 1.65. The van der Waals surface area contributed by atoms with E-state index in [2.05, 4.69) is 13.8 Å². The van der Waals surface area contributed by atoms with Crippen molar-refractivity contribution in [3.8, 4) is 5.75 Å². The summed E-state index contributed by atoms with van der Waals surface area (Å²) in [6, 6.07) is 3.96. The SMILES string of the molecule is COc1cc2c(cc1C(C)C)[C@@H](C(=O)O)C2. The molecule has 1 N–H and O–H groups in total. The van der Waals surface area contributed by atoms with Gasteiger partial charge in [-0.05, 0) is 35.1 Å². The average molecular weight is 220 g/mol. The fourth-order valence-electron chi connectivity index (χ4n) is 2.20. The number of rotatable bonds is 3. The third kappa shape index (κ3) is 1.56. The van der Waals surface area contributed by atoms with Gasteiger partial charge in [-0.15, -0.1) is 0 Å². The molecule has 0 saturated heterocycles. The first kappa shape index (κ1) is 11.0. The van der Waals surface area contributed by atoms with Crippen LogP contribution in [-0.4, -0.2) is 18.2 Å². The van der Waals surface area contributed by atoms with Crippen LogP contribution < -0.4 is 4.74 Å². The third-order valence-electron chi connectivity index (χ3n) is 3.21. The summed E-state index contributed by atoms with van der Waals surface area (Å²) in [6.07, 6.45) is 0.624. The maximum atomic E-state index is 10.9. The van der Waals surface area contributed by atoms with Gasteiger partial charge in [0.05, 0.1) is 13.0 Å². The van der Waals surface area contributed by atoms with Gasteiger partial charge in [0.1, 0.15) is 5.75 Å². The minimum absolute atomic E-state index is 0.321. The second-order valence-electron chi connectivity index (χ2n) is 4.54. The number of carboxylic acids is 1. The molecule has 0 spiro atoms. The number of ether oxygens (including phenoxy) is 1. The van der Waals surface area contributed by atoms with Crippen molar-refractivity contribution in [3.63, 3.8) is 0 Å². The lowest BCUT2D eigenvalue weighted by molar-refractivity contribution is -0.139. The van der Waals surface area contributed by atoms with Crippen LogP contribution in [-0.2, 0) is 11.2 Å². The number of aliphatic carboxylic acids is 1. The van der Waals surface area contributed by atoms with Crippen LogP contribution in [0.2, 0.25) is 0 Å². The molecule has 0 heterocycles. The number of hydrogen-bond donors (Lipinski definition) is 1. The van der Waals surface area contributed by atoms with E-state index in [-0.39, 0.29) is 5.92 Å². The molecule has 16 heavy (non-hydrogen) atoms. The zero-order chi connectivity index (χ0) is 11.9. The Labute approximate surface area is 95.0 Å². The Bertz CT molecular complexity index is 435. The zero-order valence-electron chi connectivity index (χ0n) is 9.78. The number of carboxylic acid groups (broad SMARTS) is 1. The number of fused-ring (bicyclic) bond motifs is 1. The first-order valence-electron chi connectivity index (χ1n) is 5.48. The lowest BCUT2D eigenvalue weighted by atomic mass is 9.75. The lowest BCUT2D eigenvalue weighted by Crippen LogP contribution is -2.25. The molecule has 1 aromatic carbocycles. The molecule has 1 aliphatic rings. The molecule has 1 aliphatic carbocycles. The number of methoxy groups -OCH3 is 1. The molecule has 0 aliphatic heterocycles. The number of hydrogen-bond acceptors (Lipinski definition) is 2. The minimum atomic E-state index is -0.729. The molecule has 0 radical (unpaired) electrons. The van der Waals surface area contributed by atoms with Crippen LogP contribution in [0.25, 0.3) is 0 Å². The Morgan fingerprint density at radius 3 is 2.69 bits per heavy atom. The number of benzene rings is 1. The van der Waals surface area contributed by atoms with Gasteiger partial charge in [-0.1, -0.05) is 19.9 Å². The fourth-order valence-corrected chi connectivity index (χ4v) is 2.20. The third-order valence-corrected chi connectivity index (χ3v) is 3.21. The van der Waals surface area contributed by atoms with E-state index in [0.717, 1.165) is 22.4 Å². The molecule has 0 unspecified atom stereocenters. The number of carbonyl (C=O) groups is 1. The van der Waals surface area contributed by atoms with Crippen molar-refractivity contribution in [2.75, 3.05) is 7.11 Å². The summed E-state index contributed by atoms with van der Waals surface area (Å²) < 4.78 is 5.32. The van der Waals surface area contributed by atoms with E-state index in [1.54, 1.807) is 7.11 Å². The second-order valence-corrected chi connectivity index (χ2v) is 4.54. The monoisotopic (exact) mass is 220 g/mol. The van der Waals surface area contributed by atoms with Crippen LogP contribution >= 0.6 is 0 Å². The molecule has 0 amide bonds. The Balaban J connectivity index is 2.44. The van der Waals surface area contributed by atoms with Gasteiger partial charge in [-0.2, -0.15) is 0 Å². The van der Waals surface area contributed by atoms with E-state index in [0.29, 0.717) is 12.3 Å². The van der Waals surface area contributed by atoms with Crippen LogP contribution in [0.4, 0.5) is 0 Å². The van der Waals surface area contributed by atoms with Gasteiger partial charge in [0.15, 0.2) is 0 Å². The van der Waals surface area contributed by atoms with Crippen molar-refractivity contribution in [3.05, 3.63) is 28.8 Å². The van der Waals surface area contributed by atoms with Gasteiger partial charge in [0, 0.05) is 0 Å². The fraction of sp³-hybridized carbons (Fsp3) is 0.462. The van der Waals surface area contributed by atoms with Crippen LogP contribution in [0.3, 0.4) is 0 Å². The summed E-state index contributed by atoms with van der Waals surface area (Å²) in [6.45, 7) is 4.16. The van der Waals surface area contributed by atoms with Gasteiger partial charge in [0.25, 0.3) is 0 Å². The van der Waals surface area contributed by atoms with E-state index >= 15 is 0 Å². The normalized spacial score (nSPS) is 17.9. The molecule has 0 bridgehead atoms. The van der Waals surface area contributed by atoms with Crippen LogP contribution in [0.5, 0.6) is 5.75 Å². The second kappa shape index (κ2) is 3.81. The highest BCUT2D eigenvalue weighted by Gasteiger charge is 2.33. The van der Waals surface area contributed by atoms with E-state index in [9.17, 15) is 4.79 Å². The Morgan fingerprint density at radius 2 is 2.19 bits per heavy atom. The van der Waals surface area contributed by atoms with Crippen LogP contribution in [0, 0.1) is 0 Å². The highest BCUT2D eigenvalue weighted by molar-refractivity contribution is 5.80. The minimum Gasteiger partial charge on any atom is -0.496 e. The molecule has 0 aromatic heterocycles. The zero-order valence-corrected chi connectivity index (χ0v) is 9.78. The van der Waals surface area contributed by atoms with Crippen LogP contribution in [0.15, 0.2) is 12.1 Å². The molecule has 1 atom stereocenters. The molecular formula is C13H16O3. The van der Waals surface area contributed by atoms with Crippen molar-refractivity contribution < 1.29 is 14.6 Å². The molecule has 0 saturated carbocycles. The smallest absolute Gasteiger partial charge is 0.311 e. The molecule has 0 fully saturated rings. The predicted octanol–water partition coefficient (Wildman–Crippen LogP) is 2.54. The topological polar surface area (TPSA) is 46.5 Å². The molecule has 86 valence electrons. The van der Waals surface area contributed by atoms with E-state index in [4.69, 9.17) is 9.84 Å². The highest BCUT2D eigenvalue weighted by atomic mass is 16.5. The van der Waals surface area contributed by atoms with Crippen molar-refractivity contribution >= 4 is 5.97 Å². The maximum absolute atomic E-state index is 10.9. The highest BCUT2D eigenvalue weighted by Crippen LogP contribution is 2.41. The van der Waals surface area contributed by atoms with Gasteiger partial charge >= 0.3 is 5.97 Å². The largest absolute Gasteiger partial charge is 0.496 e. The van der Waals surface area contributed by atoms with Crippen LogP contribution in [0.1, 0.15) is 42.4 Å². The molecule has 2 rings (SSSR count). The Hall–Kier alpha value is -1.51. The summed E-state index contributed by atoms with van der Waals surface area (Å²) in [4.78, 5) is 10.9. The summed E-state index contributed by atoms with van der Waals surface area (Å²) in [5.74, 6) is 0.165. The standard InChI is InChI=1S/C13H16O3/c1-7(2)9-6-10-8(5-12(9)16-3)4-11(10)13(14)15/h5-7,11H,4H2,1-3H3,(H,14,15)/t11-/m0/s1. The molecule has 3 heteroatoms. The lowest BCUT2D eigenvalue weighted by Gasteiger charge is -2.29. The van der Waals surface area contributed by atoms with Crippen molar-refractivity contribution in [2.45, 2.75) is 32.1 Å². The van der Waals surface area contributed by atoms with Gasteiger partial charge in [-0.3, -0.25) is 4.79 Å². The van der Waals surface area contributed by atoms with Crippen molar-refractivity contribution in [1.29, 1.82) is 0 Å².